The standard InChI is InChI=1S/C22H24ClN3O3S/c23-18-7-9-19(10-8-18)30(28,29)26-13-3-4-17(15-26)22(27)24-12-11-16-14-25-21-6-2-1-5-20(16)21/h1-2,5-10,14,17,25H,3-4,11-13,15H2,(H,24,27). The molecule has 0 saturated carbocycles. The Morgan fingerprint density at radius 3 is 2.73 bits per heavy atom. The Morgan fingerprint density at radius 1 is 1.17 bits per heavy atom. The Labute approximate surface area is 181 Å². The van der Waals surface area contributed by atoms with Gasteiger partial charge in [0.05, 0.1) is 10.8 Å². The molecule has 0 bridgehead atoms. The number of aromatic nitrogens is 1. The predicted molar refractivity (Wildman–Crippen MR) is 118 cm³/mol. The summed E-state index contributed by atoms with van der Waals surface area (Å²) in [5.41, 5.74) is 2.23. The van der Waals surface area contributed by atoms with Gasteiger partial charge in [0.15, 0.2) is 0 Å². The van der Waals surface area contributed by atoms with Crippen LogP contribution in [0.1, 0.15) is 18.4 Å². The van der Waals surface area contributed by atoms with E-state index >= 15 is 0 Å². The number of para-hydroxylation sites is 1. The van der Waals surface area contributed by atoms with Crippen molar-refractivity contribution in [2.24, 2.45) is 5.92 Å². The number of nitrogens with one attached hydrogen (secondary N) is 2. The number of benzene rings is 2. The quantitative estimate of drug-likeness (QED) is 0.608. The number of amides is 1. The van der Waals surface area contributed by atoms with E-state index in [0.717, 1.165) is 22.9 Å². The number of carbonyl (C=O) groups excluding carboxylic acids is 1. The maximum Gasteiger partial charge on any atom is 0.243 e. The molecule has 1 aromatic heterocycles. The molecular weight excluding hydrogens is 422 g/mol. The largest absolute Gasteiger partial charge is 0.361 e. The third-order valence-corrected chi connectivity index (χ3v) is 7.71. The van der Waals surface area contributed by atoms with E-state index in [-0.39, 0.29) is 23.3 Å². The van der Waals surface area contributed by atoms with Gasteiger partial charge >= 0.3 is 0 Å². The van der Waals surface area contributed by atoms with E-state index in [1.165, 1.54) is 16.4 Å². The lowest BCUT2D eigenvalue weighted by atomic mass is 9.99. The zero-order valence-corrected chi connectivity index (χ0v) is 18.0. The number of aromatic amines is 1. The van der Waals surface area contributed by atoms with Gasteiger partial charge in [0.1, 0.15) is 0 Å². The summed E-state index contributed by atoms with van der Waals surface area (Å²) in [7, 11) is -3.63. The van der Waals surface area contributed by atoms with E-state index in [2.05, 4.69) is 16.4 Å². The number of sulfonamides is 1. The van der Waals surface area contributed by atoms with E-state index in [1.807, 2.05) is 24.4 Å². The summed E-state index contributed by atoms with van der Waals surface area (Å²) in [6.07, 6.45) is 4.03. The van der Waals surface area contributed by atoms with Crippen LogP contribution >= 0.6 is 11.6 Å². The molecule has 1 aliphatic rings. The molecule has 4 rings (SSSR count). The van der Waals surface area contributed by atoms with Crippen molar-refractivity contribution in [2.45, 2.75) is 24.2 Å². The molecule has 0 aliphatic carbocycles. The number of piperidine rings is 1. The summed E-state index contributed by atoms with van der Waals surface area (Å²) in [5.74, 6) is -0.436. The highest BCUT2D eigenvalue weighted by Gasteiger charge is 2.33. The van der Waals surface area contributed by atoms with Gasteiger partial charge in [-0.25, -0.2) is 8.42 Å². The van der Waals surface area contributed by atoms with E-state index in [0.29, 0.717) is 31.0 Å². The monoisotopic (exact) mass is 445 g/mol. The van der Waals surface area contributed by atoms with Crippen molar-refractivity contribution in [2.75, 3.05) is 19.6 Å². The van der Waals surface area contributed by atoms with Gasteiger partial charge in [-0.2, -0.15) is 4.31 Å². The number of halogens is 1. The molecule has 8 heteroatoms. The third-order valence-electron chi connectivity index (χ3n) is 5.57. The molecule has 1 saturated heterocycles. The van der Waals surface area contributed by atoms with Gasteiger partial charge in [0.2, 0.25) is 15.9 Å². The highest BCUT2D eigenvalue weighted by atomic mass is 35.5. The van der Waals surface area contributed by atoms with Crippen LogP contribution in [0.4, 0.5) is 0 Å². The van der Waals surface area contributed by atoms with Crippen molar-refractivity contribution >= 4 is 38.4 Å². The summed E-state index contributed by atoms with van der Waals surface area (Å²) in [6, 6.07) is 14.2. The van der Waals surface area contributed by atoms with E-state index < -0.39 is 10.0 Å². The normalized spacial score (nSPS) is 17.8. The Morgan fingerprint density at radius 2 is 1.93 bits per heavy atom. The number of fused-ring (bicyclic) bond motifs is 1. The van der Waals surface area contributed by atoms with Crippen LogP contribution in [0.15, 0.2) is 59.6 Å². The molecule has 1 amide bonds. The first-order chi connectivity index (χ1) is 14.4. The summed E-state index contributed by atoms with van der Waals surface area (Å²) in [5, 5.41) is 4.63. The van der Waals surface area contributed by atoms with Crippen molar-refractivity contribution in [1.29, 1.82) is 0 Å². The van der Waals surface area contributed by atoms with E-state index in [1.54, 1.807) is 12.1 Å². The lowest BCUT2D eigenvalue weighted by Crippen LogP contribution is -2.45. The minimum atomic E-state index is -3.63. The average Bonchev–Trinajstić information content (AvgIpc) is 3.17. The van der Waals surface area contributed by atoms with E-state index in [9.17, 15) is 13.2 Å². The van der Waals surface area contributed by atoms with Crippen LogP contribution in [-0.4, -0.2) is 43.2 Å². The second-order valence-corrected chi connectivity index (χ2v) is 9.93. The van der Waals surface area contributed by atoms with Gasteiger partial charge in [-0.15, -0.1) is 0 Å². The first-order valence-electron chi connectivity index (χ1n) is 10.0. The van der Waals surface area contributed by atoms with Crippen molar-refractivity contribution in [1.82, 2.24) is 14.6 Å². The summed E-state index contributed by atoms with van der Waals surface area (Å²) in [4.78, 5) is 16.1. The Kier molecular flexibility index (Phi) is 6.13. The first kappa shape index (κ1) is 20.9. The summed E-state index contributed by atoms with van der Waals surface area (Å²) >= 11 is 5.87. The fourth-order valence-electron chi connectivity index (χ4n) is 3.93. The number of hydrogen-bond donors (Lipinski definition) is 2. The second kappa shape index (κ2) is 8.79. The van der Waals surface area contributed by atoms with Crippen LogP contribution in [0.3, 0.4) is 0 Å². The molecule has 1 atom stereocenters. The van der Waals surface area contributed by atoms with Gasteiger partial charge in [-0.3, -0.25) is 4.79 Å². The topological polar surface area (TPSA) is 82.3 Å². The SMILES string of the molecule is O=C(NCCc1c[nH]c2ccccc12)C1CCCN(S(=O)(=O)c2ccc(Cl)cc2)C1. The van der Waals surface area contributed by atoms with Gasteiger partial charge in [0, 0.05) is 41.8 Å². The summed E-state index contributed by atoms with van der Waals surface area (Å²) in [6.45, 7) is 1.13. The molecule has 2 aromatic carbocycles. The average molecular weight is 446 g/mol. The first-order valence-corrected chi connectivity index (χ1v) is 11.9. The molecule has 1 fully saturated rings. The maximum absolute atomic E-state index is 12.9. The highest BCUT2D eigenvalue weighted by molar-refractivity contribution is 7.89. The molecule has 2 N–H and O–H groups in total. The highest BCUT2D eigenvalue weighted by Crippen LogP contribution is 2.25. The van der Waals surface area contributed by atoms with Crippen LogP contribution < -0.4 is 5.32 Å². The lowest BCUT2D eigenvalue weighted by molar-refractivity contribution is -0.126. The fourth-order valence-corrected chi connectivity index (χ4v) is 5.58. The van der Waals surface area contributed by atoms with Crippen molar-refractivity contribution in [3.8, 4) is 0 Å². The van der Waals surface area contributed by atoms with Crippen LogP contribution in [-0.2, 0) is 21.2 Å². The number of rotatable bonds is 6. The minimum absolute atomic E-state index is 0.0918. The fraction of sp³-hybridized carbons (Fsp3) is 0.318. The van der Waals surface area contributed by atoms with E-state index in [4.69, 9.17) is 11.6 Å². The number of nitrogens with zero attached hydrogens (tertiary/aromatic N) is 1. The predicted octanol–water partition coefficient (Wildman–Crippen LogP) is 3.58. The molecule has 1 aliphatic heterocycles. The van der Waals surface area contributed by atoms with Crippen LogP contribution in [0.5, 0.6) is 0 Å². The molecule has 2 heterocycles. The zero-order chi connectivity index (χ0) is 21.1. The van der Waals surface area contributed by atoms with Crippen LogP contribution in [0.2, 0.25) is 5.02 Å². The minimum Gasteiger partial charge on any atom is -0.361 e. The number of hydrogen-bond acceptors (Lipinski definition) is 3. The van der Waals surface area contributed by atoms with Crippen molar-refractivity contribution in [3.05, 3.63) is 65.3 Å². The van der Waals surface area contributed by atoms with Crippen LogP contribution in [0.25, 0.3) is 10.9 Å². The molecule has 3 aromatic rings. The third kappa shape index (κ3) is 4.38. The Bertz CT molecular complexity index is 1140. The van der Waals surface area contributed by atoms with Gasteiger partial charge in [-0.05, 0) is 55.2 Å². The summed E-state index contributed by atoms with van der Waals surface area (Å²) < 4.78 is 27.2. The molecule has 0 spiro atoms. The van der Waals surface area contributed by atoms with Gasteiger partial charge in [0.25, 0.3) is 0 Å². The van der Waals surface area contributed by atoms with Crippen molar-refractivity contribution < 1.29 is 13.2 Å². The number of carbonyl (C=O) groups is 1. The molecule has 30 heavy (non-hydrogen) atoms. The lowest BCUT2D eigenvalue weighted by Gasteiger charge is -2.31. The van der Waals surface area contributed by atoms with Gasteiger partial charge in [-0.1, -0.05) is 29.8 Å². The maximum atomic E-state index is 12.9. The molecule has 0 radical (unpaired) electrons. The molecule has 158 valence electrons. The second-order valence-electron chi connectivity index (χ2n) is 7.56. The molecular formula is C22H24ClN3O3S. The number of H-pyrrole nitrogens is 1. The van der Waals surface area contributed by atoms with Crippen molar-refractivity contribution in [3.63, 3.8) is 0 Å². The van der Waals surface area contributed by atoms with Gasteiger partial charge < -0.3 is 10.3 Å². The molecule has 1 unspecified atom stereocenters. The Hall–Kier alpha value is -2.35. The van der Waals surface area contributed by atoms with Crippen LogP contribution in [0, 0.1) is 5.92 Å². The zero-order valence-electron chi connectivity index (χ0n) is 16.5. The molecule has 6 nitrogen and oxygen atoms in total. The smallest absolute Gasteiger partial charge is 0.243 e. The Balaban J connectivity index is 1.36.